The van der Waals surface area contributed by atoms with Gasteiger partial charge in [0.15, 0.2) is 0 Å². The highest BCUT2D eigenvalue weighted by Crippen LogP contribution is 2.22. The Kier molecular flexibility index (Phi) is 2.28. The summed E-state index contributed by atoms with van der Waals surface area (Å²) in [7, 11) is 0. The monoisotopic (exact) mass is 185 g/mol. The predicted octanol–water partition coefficient (Wildman–Crippen LogP) is 2.59. The maximum absolute atomic E-state index is 13.0. The third-order valence-corrected chi connectivity index (χ3v) is 1.87. The number of rotatable bonds is 0. The Morgan fingerprint density at radius 1 is 0.923 bits per heavy atom. The quantitative estimate of drug-likeness (QED) is 0.609. The number of nitriles is 1. The van der Waals surface area contributed by atoms with Crippen LogP contribution in [0.4, 0.5) is 13.2 Å². The van der Waals surface area contributed by atoms with Crippen LogP contribution < -0.4 is 0 Å². The van der Waals surface area contributed by atoms with Gasteiger partial charge in [-0.15, -0.1) is 0 Å². The second-order valence-electron chi connectivity index (χ2n) is 2.68. The van der Waals surface area contributed by atoms with Gasteiger partial charge in [0, 0.05) is 11.1 Å². The Balaban J connectivity index is 3.69. The van der Waals surface area contributed by atoms with E-state index in [-0.39, 0.29) is 11.1 Å². The van der Waals surface area contributed by atoms with Crippen molar-refractivity contribution in [2.24, 2.45) is 0 Å². The lowest BCUT2D eigenvalue weighted by atomic mass is 10.1. The third-order valence-electron chi connectivity index (χ3n) is 1.87. The standard InChI is InChI=1S/C9H6F3N/c1-4-7(10)5(2)9(12)6(3-13)8(4)11/h1-2H3. The van der Waals surface area contributed by atoms with Crippen LogP contribution in [-0.2, 0) is 0 Å². The van der Waals surface area contributed by atoms with Gasteiger partial charge in [-0.05, 0) is 13.8 Å². The molecule has 0 saturated carbocycles. The summed E-state index contributed by atoms with van der Waals surface area (Å²) in [5.41, 5.74) is -1.37. The average molecular weight is 185 g/mol. The summed E-state index contributed by atoms with van der Waals surface area (Å²) in [5.74, 6) is -3.18. The second kappa shape index (κ2) is 3.09. The Bertz CT molecular complexity index is 375. The van der Waals surface area contributed by atoms with Crippen LogP contribution in [0.2, 0.25) is 0 Å². The van der Waals surface area contributed by atoms with Crippen LogP contribution in [0.3, 0.4) is 0 Å². The fraction of sp³-hybridized carbons (Fsp3) is 0.222. The van der Waals surface area contributed by atoms with Gasteiger partial charge in [0.2, 0.25) is 0 Å². The van der Waals surface area contributed by atoms with Crippen molar-refractivity contribution in [3.8, 4) is 6.07 Å². The van der Waals surface area contributed by atoms with Gasteiger partial charge in [0.1, 0.15) is 29.1 Å². The van der Waals surface area contributed by atoms with Gasteiger partial charge in [-0.25, -0.2) is 13.2 Å². The SMILES string of the molecule is Cc1c(F)c(C)c(F)c(C#N)c1F. The molecule has 0 unspecified atom stereocenters. The molecular formula is C9H6F3N. The van der Waals surface area contributed by atoms with E-state index in [1.165, 1.54) is 6.07 Å². The highest BCUT2D eigenvalue weighted by atomic mass is 19.1. The van der Waals surface area contributed by atoms with Crippen molar-refractivity contribution in [1.82, 2.24) is 0 Å². The normalized spacial score (nSPS) is 9.85. The maximum Gasteiger partial charge on any atom is 0.149 e. The number of benzene rings is 1. The fourth-order valence-corrected chi connectivity index (χ4v) is 1.04. The summed E-state index contributed by atoms with van der Waals surface area (Å²) in [6.45, 7) is 2.33. The lowest BCUT2D eigenvalue weighted by Gasteiger charge is -2.05. The molecule has 0 aliphatic carbocycles. The molecule has 0 aliphatic heterocycles. The Hall–Kier alpha value is -1.50. The van der Waals surface area contributed by atoms with E-state index in [4.69, 9.17) is 5.26 Å². The average Bonchev–Trinajstić information content (AvgIpc) is 2.13. The number of halogens is 3. The molecule has 0 heterocycles. The van der Waals surface area contributed by atoms with E-state index in [0.29, 0.717) is 0 Å². The molecule has 68 valence electrons. The number of hydrogen-bond acceptors (Lipinski definition) is 1. The van der Waals surface area contributed by atoms with Gasteiger partial charge in [-0.1, -0.05) is 0 Å². The van der Waals surface area contributed by atoms with Gasteiger partial charge in [0.25, 0.3) is 0 Å². The first-order valence-electron chi connectivity index (χ1n) is 3.54. The summed E-state index contributed by atoms with van der Waals surface area (Å²) in [4.78, 5) is 0. The highest BCUT2D eigenvalue weighted by molar-refractivity contribution is 5.40. The first-order valence-corrected chi connectivity index (χ1v) is 3.54. The van der Waals surface area contributed by atoms with Crippen LogP contribution in [0.25, 0.3) is 0 Å². The van der Waals surface area contributed by atoms with Crippen LogP contribution in [-0.4, -0.2) is 0 Å². The van der Waals surface area contributed by atoms with E-state index in [1.54, 1.807) is 0 Å². The second-order valence-corrected chi connectivity index (χ2v) is 2.68. The molecule has 0 aliphatic rings. The molecule has 4 heteroatoms. The topological polar surface area (TPSA) is 23.8 Å². The summed E-state index contributed by atoms with van der Waals surface area (Å²) in [6.07, 6.45) is 0. The fourth-order valence-electron chi connectivity index (χ4n) is 1.04. The zero-order chi connectivity index (χ0) is 10.2. The number of hydrogen-bond donors (Lipinski definition) is 0. The molecule has 0 amide bonds. The van der Waals surface area contributed by atoms with E-state index < -0.39 is 23.0 Å². The largest absolute Gasteiger partial charge is 0.206 e. The van der Waals surface area contributed by atoms with Crippen molar-refractivity contribution in [3.63, 3.8) is 0 Å². The third kappa shape index (κ3) is 1.26. The minimum atomic E-state index is -1.12. The van der Waals surface area contributed by atoms with E-state index in [1.807, 2.05) is 0 Å². The van der Waals surface area contributed by atoms with Crippen LogP contribution in [0, 0.1) is 42.6 Å². The zero-order valence-corrected chi connectivity index (χ0v) is 7.08. The lowest BCUT2D eigenvalue weighted by molar-refractivity contribution is 0.518. The molecule has 0 saturated heterocycles. The van der Waals surface area contributed by atoms with Crippen LogP contribution in [0.1, 0.15) is 16.7 Å². The molecule has 1 aromatic carbocycles. The van der Waals surface area contributed by atoms with Gasteiger partial charge in [-0.2, -0.15) is 5.26 Å². The number of nitrogens with zero attached hydrogens (tertiary/aromatic N) is 1. The Labute approximate surface area is 73.4 Å². The molecule has 1 nitrogen and oxygen atoms in total. The van der Waals surface area contributed by atoms with Gasteiger partial charge < -0.3 is 0 Å². The smallest absolute Gasteiger partial charge is 0.149 e. The van der Waals surface area contributed by atoms with Gasteiger partial charge in [-0.3, -0.25) is 0 Å². The molecule has 13 heavy (non-hydrogen) atoms. The van der Waals surface area contributed by atoms with Crippen molar-refractivity contribution in [2.45, 2.75) is 13.8 Å². The van der Waals surface area contributed by atoms with Gasteiger partial charge >= 0.3 is 0 Å². The van der Waals surface area contributed by atoms with Gasteiger partial charge in [0.05, 0.1) is 0 Å². The summed E-state index contributed by atoms with van der Waals surface area (Å²) < 4.78 is 39.0. The Morgan fingerprint density at radius 2 is 1.31 bits per heavy atom. The summed E-state index contributed by atoms with van der Waals surface area (Å²) in [5, 5.41) is 8.39. The van der Waals surface area contributed by atoms with Crippen molar-refractivity contribution in [1.29, 1.82) is 5.26 Å². The molecule has 0 bridgehead atoms. The van der Waals surface area contributed by atoms with Crippen LogP contribution in [0.15, 0.2) is 0 Å². The molecule has 0 atom stereocenters. The molecule has 0 aromatic heterocycles. The minimum absolute atomic E-state index is 0.324. The van der Waals surface area contributed by atoms with E-state index in [9.17, 15) is 13.2 Å². The van der Waals surface area contributed by atoms with Crippen LogP contribution in [0.5, 0.6) is 0 Å². The predicted molar refractivity (Wildman–Crippen MR) is 40.5 cm³/mol. The zero-order valence-electron chi connectivity index (χ0n) is 7.08. The summed E-state index contributed by atoms with van der Waals surface area (Å²) >= 11 is 0. The first kappa shape index (κ1) is 9.59. The van der Waals surface area contributed by atoms with Crippen LogP contribution >= 0.6 is 0 Å². The Morgan fingerprint density at radius 3 is 1.62 bits per heavy atom. The minimum Gasteiger partial charge on any atom is -0.206 e. The van der Waals surface area contributed by atoms with Crippen molar-refractivity contribution in [3.05, 3.63) is 34.1 Å². The lowest BCUT2D eigenvalue weighted by Crippen LogP contribution is -2.02. The summed E-state index contributed by atoms with van der Waals surface area (Å²) in [6, 6.07) is 1.36. The van der Waals surface area contributed by atoms with E-state index in [0.717, 1.165) is 13.8 Å². The molecule has 0 spiro atoms. The molecule has 1 aromatic rings. The highest BCUT2D eigenvalue weighted by Gasteiger charge is 2.19. The maximum atomic E-state index is 13.0. The molecule has 0 fully saturated rings. The van der Waals surface area contributed by atoms with Crippen molar-refractivity contribution < 1.29 is 13.2 Å². The van der Waals surface area contributed by atoms with E-state index in [2.05, 4.69) is 0 Å². The molecule has 0 radical (unpaired) electrons. The molecular weight excluding hydrogens is 179 g/mol. The molecule has 1 rings (SSSR count). The van der Waals surface area contributed by atoms with Crippen molar-refractivity contribution >= 4 is 0 Å². The van der Waals surface area contributed by atoms with E-state index >= 15 is 0 Å². The van der Waals surface area contributed by atoms with Crippen molar-refractivity contribution in [2.75, 3.05) is 0 Å². The first-order chi connectivity index (χ1) is 6.00. The molecule has 0 N–H and O–H groups in total.